The van der Waals surface area contributed by atoms with Gasteiger partial charge < -0.3 is 20.5 Å². The molecule has 1 unspecified atom stereocenters. The summed E-state index contributed by atoms with van der Waals surface area (Å²) in [5.41, 5.74) is 5.68. The Hall–Kier alpha value is -4.06. The van der Waals surface area contributed by atoms with Gasteiger partial charge in [-0.3, -0.25) is 4.79 Å². The molecule has 174 valence electrons. The molecule has 3 N–H and O–H groups in total. The summed E-state index contributed by atoms with van der Waals surface area (Å²) in [7, 11) is 0. The van der Waals surface area contributed by atoms with Crippen molar-refractivity contribution in [3.63, 3.8) is 0 Å². The number of fused-ring (bicyclic) bond motifs is 3. The molecule has 1 aliphatic rings. The number of alkyl carbamates (subject to hydrolysis) is 1. The minimum absolute atomic E-state index is 0.0464. The number of benzene rings is 3. The Morgan fingerprint density at radius 3 is 2.03 bits per heavy atom. The number of aliphatic hydroxyl groups is 1. The van der Waals surface area contributed by atoms with E-state index in [-0.39, 0.29) is 30.1 Å². The van der Waals surface area contributed by atoms with Crippen LogP contribution in [0.4, 0.5) is 10.5 Å². The molecule has 0 radical (unpaired) electrons. The predicted octanol–water partition coefficient (Wildman–Crippen LogP) is 5.72. The highest BCUT2D eigenvalue weighted by Gasteiger charge is 2.30. The monoisotopic (exact) mass is 456 g/mol. The number of amides is 2. The Balaban J connectivity index is 1.40. The molecule has 34 heavy (non-hydrogen) atoms. The topological polar surface area (TPSA) is 87.7 Å². The lowest BCUT2D eigenvalue weighted by molar-refractivity contribution is -0.119. The third kappa shape index (κ3) is 4.81. The fourth-order valence-corrected chi connectivity index (χ4v) is 4.27. The maximum Gasteiger partial charge on any atom is 0.407 e. The summed E-state index contributed by atoms with van der Waals surface area (Å²) in [6.45, 7) is 7.37. The van der Waals surface area contributed by atoms with Gasteiger partial charge in [-0.1, -0.05) is 69.0 Å². The van der Waals surface area contributed by atoms with E-state index in [2.05, 4.69) is 41.5 Å². The molecule has 6 heteroatoms. The molecule has 1 aliphatic carbocycles. The summed E-state index contributed by atoms with van der Waals surface area (Å²) in [4.78, 5) is 25.5. The SMILES string of the molecule is C=C(O)c1ccc(NC(=O)C(NC(=O)OCC2c3ccccc3-c3ccccc32)C(C)C)cc1. The highest BCUT2D eigenvalue weighted by Crippen LogP contribution is 2.44. The zero-order valence-electron chi connectivity index (χ0n) is 19.2. The van der Waals surface area contributed by atoms with Crippen LogP contribution >= 0.6 is 0 Å². The van der Waals surface area contributed by atoms with Crippen LogP contribution in [0.15, 0.2) is 79.4 Å². The van der Waals surface area contributed by atoms with Crippen LogP contribution in [0.2, 0.25) is 0 Å². The standard InChI is InChI=1S/C28H28N2O4/c1-17(2)26(27(32)29-20-14-12-19(13-15-20)18(3)31)30-28(33)34-16-25-23-10-6-4-8-21(23)22-9-5-7-11-24(22)25/h4-15,17,25-26,31H,3,16H2,1-2H3,(H,29,32)(H,30,33). The molecule has 0 aliphatic heterocycles. The number of aliphatic hydroxyl groups excluding tert-OH is 1. The Labute approximate surface area is 199 Å². The summed E-state index contributed by atoms with van der Waals surface area (Å²) in [6.07, 6.45) is -0.636. The molecule has 0 saturated heterocycles. The minimum atomic E-state index is -0.775. The molecule has 6 nitrogen and oxygen atoms in total. The molecule has 0 fully saturated rings. The molecule has 0 saturated carbocycles. The number of ether oxygens (including phenoxy) is 1. The van der Waals surface area contributed by atoms with Crippen molar-refractivity contribution in [1.29, 1.82) is 0 Å². The van der Waals surface area contributed by atoms with Gasteiger partial charge in [0.25, 0.3) is 0 Å². The van der Waals surface area contributed by atoms with E-state index in [0.29, 0.717) is 11.3 Å². The van der Waals surface area contributed by atoms with Crippen LogP contribution in [-0.4, -0.2) is 29.8 Å². The lowest BCUT2D eigenvalue weighted by Crippen LogP contribution is -2.47. The summed E-state index contributed by atoms with van der Waals surface area (Å²) in [6, 6.07) is 22.1. The van der Waals surface area contributed by atoms with E-state index in [9.17, 15) is 14.7 Å². The van der Waals surface area contributed by atoms with E-state index in [4.69, 9.17) is 4.74 Å². The summed E-state index contributed by atoms with van der Waals surface area (Å²) < 4.78 is 5.60. The van der Waals surface area contributed by atoms with Gasteiger partial charge in [0, 0.05) is 17.2 Å². The molecule has 0 aromatic heterocycles. The fourth-order valence-electron chi connectivity index (χ4n) is 4.27. The van der Waals surface area contributed by atoms with E-state index in [1.807, 2.05) is 38.1 Å². The van der Waals surface area contributed by atoms with Crippen LogP contribution in [-0.2, 0) is 9.53 Å². The molecular weight excluding hydrogens is 428 g/mol. The van der Waals surface area contributed by atoms with E-state index in [1.54, 1.807) is 24.3 Å². The third-order valence-electron chi connectivity index (χ3n) is 6.05. The predicted molar refractivity (Wildman–Crippen MR) is 134 cm³/mol. The number of nitrogens with one attached hydrogen (secondary N) is 2. The van der Waals surface area contributed by atoms with Gasteiger partial charge in [0.05, 0.1) is 0 Å². The second-order valence-electron chi connectivity index (χ2n) is 8.70. The molecule has 1 atom stereocenters. The van der Waals surface area contributed by atoms with Crippen molar-refractivity contribution in [2.24, 2.45) is 5.92 Å². The minimum Gasteiger partial charge on any atom is -0.508 e. The fraction of sp³-hybridized carbons (Fsp3) is 0.214. The third-order valence-corrected chi connectivity index (χ3v) is 6.05. The number of carbonyl (C=O) groups is 2. The zero-order valence-corrected chi connectivity index (χ0v) is 19.2. The number of hydrogen-bond acceptors (Lipinski definition) is 4. The maximum absolute atomic E-state index is 12.8. The Morgan fingerprint density at radius 2 is 1.50 bits per heavy atom. The van der Waals surface area contributed by atoms with Crippen LogP contribution in [0, 0.1) is 5.92 Å². The molecule has 4 rings (SSSR count). The molecule has 0 heterocycles. The molecule has 0 spiro atoms. The second kappa shape index (κ2) is 9.83. The summed E-state index contributed by atoms with van der Waals surface area (Å²) >= 11 is 0. The van der Waals surface area contributed by atoms with E-state index in [0.717, 1.165) is 22.3 Å². The van der Waals surface area contributed by atoms with E-state index < -0.39 is 12.1 Å². The number of carbonyl (C=O) groups excluding carboxylic acids is 2. The van der Waals surface area contributed by atoms with Crippen LogP contribution in [0.1, 0.15) is 36.5 Å². The Morgan fingerprint density at radius 1 is 0.941 bits per heavy atom. The first-order chi connectivity index (χ1) is 16.3. The molecule has 3 aromatic carbocycles. The first-order valence-electron chi connectivity index (χ1n) is 11.3. The highest BCUT2D eigenvalue weighted by molar-refractivity contribution is 5.96. The average Bonchev–Trinajstić information content (AvgIpc) is 3.15. The molecular formula is C28H28N2O4. The molecule has 0 bridgehead atoms. The summed E-state index contributed by atoms with van der Waals surface area (Å²) in [5, 5.41) is 15.0. The van der Waals surface area contributed by atoms with Gasteiger partial charge in [0.2, 0.25) is 5.91 Å². The molecule has 3 aromatic rings. The lowest BCUT2D eigenvalue weighted by atomic mass is 9.98. The van der Waals surface area contributed by atoms with Crippen molar-refractivity contribution >= 4 is 23.4 Å². The number of anilines is 1. The van der Waals surface area contributed by atoms with Gasteiger partial charge >= 0.3 is 6.09 Å². The van der Waals surface area contributed by atoms with Crippen LogP contribution in [0.3, 0.4) is 0 Å². The van der Waals surface area contributed by atoms with Gasteiger partial charge in [0.15, 0.2) is 0 Å². The van der Waals surface area contributed by atoms with Crippen molar-refractivity contribution in [2.75, 3.05) is 11.9 Å². The van der Waals surface area contributed by atoms with Crippen LogP contribution < -0.4 is 10.6 Å². The first kappa shape index (κ1) is 23.1. The first-order valence-corrected chi connectivity index (χ1v) is 11.3. The second-order valence-corrected chi connectivity index (χ2v) is 8.70. The van der Waals surface area contributed by atoms with Gasteiger partial charge in [-0.05, 0) is 52.4 Å². The van der Waals surface area contributed by atoms with Crippen molar-refractivity contribution in [3.8, 4) is 11.1 Å². The van der Waals surface area contributed by atoms with Crippen molar-refractivity contribution in [1.82, 2.24) is 5.32 Å². The quantitative estimate of drug-likeness (QED) is 0.397. The van der Waals surface area contributed by atoms with Gasteiger partial charge in [-0.2, -0.15) is 0 Å². The smallest absolute Gasteiger partial charge is 0.407 e. The van der Waals surface area contributed by atoms with E-state index >= 15 is 0 Å². The number of rotatable bonds is 7. The normalized spacial score (nSPS) is 13.0. The highest BCUT2D eigenvalue weighted by atomic mass is 16.5. The van der Waals surface area contributed by atoms with Gasteiger partial charge in [-0.15, -0.1) is 0 Å². The van der Waals surface area contributed by atoms with Crippen molar-refractivity contribution in [2.45, 2.75) is 25.8 Å². The largest absolute Gasteiger partial charge is 0.508 e. The Bertz CT molecular complexity index is 1170. The van der Waals surface area contributed by atoms with E-state index in [1.165, 1.54) is 0 Å². The van der Waals surface area contributed by atoms with Crippen molar-refractivity contribution in [3.05, 3.63) is 96.1 Å². The van der Waals surface area contributed by atoms with Gasteiger partial charge in [0.1, 0.15) is 18.4 Å². The van der Waals surface area contributed by atoms with Gasteiger partial charge in [-0.25, -0.2) is 4.79 Å². The number of hydrogen-bond donors (Lipinski definition) is 3. The molecule has 2 amide bonds. The Kier molecular flexibility index (Phi) is 6.68. The zero-order chi connectivity index (χ0) is 24.2. The van der Waals surface area contributed by atoms with Crippen LogP contribution in [0.25, 0.3) is 16.9 Å². The summed E-state index contributed by atoms with van der Waals surface area (Å²) in [5.74, 6) is -0.602. The van der Waals surface area contributed by atoms with Crippen LogP contribution in [0.5, 0.6) is 0 Å². The lowest BCUT2D eigenvalue weighted by Gasteiger charge is -2.22. The maximum atomic E-state index is 12.8. The van der Waals surface area contributed by atoms with Crippen molar-refractivity contribution < 1.29 is 19.4 Å². The average molecular weight is 457 g/mol.